The topological polar surface area (TPSA) is 63.6 Å². The van der Waals surface area contributed by atoms with Crippen molar-refractivity contribution in [2.24, 2.45) is 5.92 Å². The Hall–Kier alpha value is -1.06. The van der Waals surface area contributed by atoms with Gasteiger partial charge >= 0.3 is 11.9 Å². The van der Waals surface area contributed by atoms with Crippen molar-refractivity contribution in [2.45, 2.75) is 104 Å². The second kappa shape index (κ2) is 16.8. The molecular weight excluding hydrogens is 304 g/mol. The van der Waals surface area contributed by atoms with Crippen LogP contribution in [0.4, 0.5) is 0 Å². The monoisotopic (exact) mass is 342 g/mol. The van der Waals surface area contributed by atoms with Crippen LogP contribution in [0.5, 0.6) is 0 Å². The fourth-order valence-electron chi connectivity index (χ4n) is 2.65. The summed E-state index contributed by atoms with van der Waals surface area (Å²) >= 11 is 0. The van der Waals surface area contributed by atoms with Crippen LogP contribution in [0.1, 0.15) is 104 Å². The van der Waals surface area contributed by atoms with E-state index in [9.17, 15) is 9.59 Å². The van der Waals surface area contributed by atoms with Crippen LogP contribution in [0.25, 0.3) is 0 Å². The minimum Gasteiger partial charge on any atom is -0.481 e. The van der Waals surface area contributed by atoms with Crippen molar-refractivity contribution in [3.05, 3.63) is 0 Å². The number of ether oxygens (including phenoxy) is 1. The number of hydrogen-bond acceptors (Lipinski definition) is 3. The van der Waals surface area contributed by atoms with Gasteiger partial charge in [0.1, 0.15) is 6.61 Å². The number of carbonyl (C=O) groups excluding carboxylic acids is 1. The lowest BCUT2D eigenvalue weighted by molar-refractivity contribution is -0.150. The average Bonchev–Trinajstić information content (AvgIpc) is 2.56. The molecule has 0 aromatic carbocycles. The van der Waals surface area contributed by atoms with Gasteiger partial charge in [0.15, 0.2) is 0 Å². The molecule has 4 nitrogen and oxygen atoms in total. The molecule has 0 heterocycles. The third kappa shape index (κ3) is 15.8. The maximum absolute atomic E-state index is 11.5. The third-order valence-electron chi connectivity index (χ3n) is 4.40. The normalized spacial score (nSPS) is 12.1. The summed E-state index contributed by atoms with van der Waals surface area (Å²) < 4.78 is 4.95. The number of carbonyl (C=O) groups is 2. The summed E-state index contributed by atoms with van der Waals surface area (Å²) in [6, 6.07) is 0. The number of carboxylic acid groups (broad SMARTS) is 1. The van der Waals surface area contributed by atoms with Crippen LogP contribution < -0.4 is 0 Å². The molecule has 0 radical (unpaired) electrons. The van der Waals surface area contributed by atoms with E-state index in [1.165, 1.54) is 70.6 Å². The van der Waals surface area contributed by atoms with E-state index in [0.29, 0.717) is 6.42 Å². The van der Waals surface area contributed by atoms with Gasteiger partial charge in [-0.05, 0) is 13.3 Å². The van der Waals surface area contributed by atoms with E-state index in [0.717, 1.165) is 12.8 Å². The Morgan fingerprint density at radius 3 is 1.62 bits per heavy atom. The fourth-order valence-corrected chi connectivity index (χ4v) is 2.65. The largest absolute Gasteiger partial charge is 0.481 e. The van der Waals surface area contributed by atoms with Crippen molar-refractivity contribution >= 4 is 11.9 Å². The molecule has 0 rings (SSSR count). The Morgan fingerprint density at radius 1 is 0.792 bits per heavy atom. The first-order valence-electron chi connectivity index (χ1n) is 9.96. The first kappa shape index (κ1) is 22.9. The minimum absolute atomic E-state index is 0.0212. The molecule has 0 aromatic heterocycles. The minimum atomic E-state index is -0.927. The maximum atomic E-state index is 11.5. The van der Waals surface area contributed by atoms with E-state index >= 15 is 0 Å². The number of rotatable bonds is 17. The Morgan fingerprint density at radius 2 is 1.21 bits per heavy atom. The molecule has 24 heavy (non-hydrogen) atoms. The maximum Gasteiger partial charge on any atom is 0.309 e. The van der Waals surface area contributed by atoms with E-state index < -0.39 is 11.9 Å². The van der Waals surface area contributed by atoms with Gasteiger partial charge in [-0.25, -0.2) is 0 Å². The molecule has 0 bridgehead atoms. The van der Waals surface area contributed by atoms with Gasteiger partial charge in [-0.2, -0.15) is 0 Å². The predicted octanol–water partition coefficient (Wildman–Crippen LogP) is 5.73. The van der Waals surface area contributed by atoms with Crippen LogP contribution >= 0.6 is 0 Å². The van der Waals surface area contributed by atoms with Gasteiger partial charge < -0.3 is 9.84 Å². The zero-order valence-electron chi connectivity index (χ0n) is 15.9. The molecule has 1 unspecified atom stereocenters. The molecule has 0 fully saturated rings. The van der Waals surface area contributed by atoms with Crippen molar-refractivity contribution in [1.82, 2.24) is 0 Å². The lowest BCUT2D eigenvalue weighted by Gasteiger charge is -2.07. The second-order valence-electron chi connectivity index (χ2n) is 6.91. The Kier molecular flexibility index (Phi) is 16.0. The van der Waals surface area contributed by atoms with Crippen LogP contribution in [0.15, 0.2) is 0 Å². The van der Waals surface area contributed by atoms with Crippen molar-refractivity contribution in [1.29, 1.82) is 0 Å². The Bertz CT molecular complexity index is 315. The molecule has 1 N–H and O–H groups in total. The summed E-state index contributed by atoms with van der Waals surface area (Å²) in [6.07, 6.45) is 17.0. The van der Waals surface area contributed by atoms with Gasteiger partial charge in [0.05, 0.1) is 5.92 Å². The first-order valence-corrected chi connectivity index (χ1v) is 9.96. The highest BCUT2D eigenvalue weighted by molar-refractivity contribution is 5.72. The van der Waals surface area contributed by atoms with Gasteiger partial charge in [-0.15, -0.1) is 0 Å². The second-order valence-corrected chi connectivity index (χ2v) is 6.91. The molecule has 142 valence electrons. The number of esters is 1. The quantitative estimate of drug-likeness (QED) is 0.271. The molecule has 1 atom stereocenters. The number of unbranched alkanes of at least 4 members (excludes halogenated alkanes) is 12. The fraction of sp³-hybridized carbons (Fsp3) is 0.900. The summed E-state index contributed by atoms with van der Waals surface area (Å²) in [5.41, 5.74) is 0. The lowest BCUT2D eigenvalue weighted by atomic mass is 10.0. The van der Waals surface area contributed by atoms with E-state index in [2.05, 4.69) is 6.92 Å². The van der Waals surface area contributed by atoms with E-state index in [-0.39, 0.29) is 12.6 Å². The number of carboxylic acids is 1. The van der Waals surface area contributed by atoms with Gasteiger partial charge in [-0.3, -0.25) is 9.59 Å². The van der Waals surface area contributed by atoms with Crippen molar-refractivity contribution in [3.8, 4) is 0 Å². The molecule has 0 aliphatic rings. The standard InChI is InChI=1S/C20H38O4/c1-3-4-5-6-7-8-9-10-11-12-13-14-15-16-19(21)24-17-18(2)20(22)23/h18H,3-17H2,1-2H3,(H,22,23). The molecule has 0 saturated carbocycles. The summed E-state index contributed by atoms with van der Waals surface area (Å²) in [6.45, 7) is 3.77. The number of aliphatic carboxylic acids is 1. The first-order chi connectivity index (χ1) is 11.6. The van der Waals surface area contributed by atoms with E-state index in [1.807, 2.05) is 0 Å². The highest BCUT2D eigenvalue weighted by Crippen LogP contribution is 2.13. The summed E-state index contributed by atoms with van der Waals surface area (Å²) in [5.74, 6) is -1.82. The SMILES string of the molecule is CCCCCCCCCCCCCCCC(=O)OCC(C)C(=O)O. The zero-order valence-corrected chi connectivity index (χ0v) is 15.9. The highest BCUT2D eigenvalue weighted by atomic mass is 16.5. The van der Waals surface area contributed by atoms with Gasteiger partial charge in [0, 0.05) is 6.42 Å². The molecule has 0 amide bonds. The Balaban J connectivity index is 3.22. The summed E-state index contributed by atoms with van der Waals surface area (Å²) in [7, 11) is 0. The van der Waals surface area contributed by atoms with Crippen LogP contribution in [-0.2, 0) is 14.3 Å². The van der Waals surface area contributed by atoms with Gasteiger partial charge in [-0.1, -0.05) is 84.0 Å². The third-order valence-corrected chi connectivity index (χ3v) is 4.40. The zero-order chi connectivity index (χ0) is 18.0. The molecule has 0 spiro atoms. The summed E-state index contributed by atoms with van der Waals surface area (Å²) in [4.78, 5) is 22.1. The molecule has 4 heteroatoms. The molecular formula is C20H38O4. The molecule has 0 aromatic rings. The number of hydrogen-bond donors (Lipinski definition) is 1. The lowest BCUT2D eigenvalue weighted by Crippen LogP contribution is -2.18. The van der Waals surface area contributed by atoms with Crippen molar-refractivity contribution in [2.75, 3.05) is 6.61 Å². The highest BCUT2D eigenvalue weighted by Gasteiger charge is 2.13. The van der Waals surface area contributed by atoms with Gasteiger partial charge in [0.2, 0.25) is 0 Å². The molecule has 0 aliphatic heterocycles. The predicted molar refractivity (Wildman–Crippen MR) is 98.1 cm³/mol. The molecule has 0 aliphatic carbocycles. The van der Waals surface area contributed by atoms with Gasteiger partial charge in [0.25, 0.3) is 0 Å². The van der Waals surface area contributed by atoms with E-state index in [1.54, 1.807) is 6.92 Å². The smallest absolute Gasteiger partial charge is 0.309 e. The van der Waals surface area contributed by atoms with Crippen molar-refractivity contribution in [3.63, 3.8) is 0 Å². The molecule has 0 saturated heterocycles. The van der Waals surface area contributed by atoms with Crippen LogP contribution in [-0.4, -0.2) is 23.7 Å². The van der Waals surface area contributed by atoms with Crippen LogP contribution in [0.2, 0.25) is 0 Å². The van der Waals surface area contributed by atoms with Crippen LogP contribution in [0, 0.1) is 5.92 Å². The summed E-state index contributed by atoms with van der Waals surface area (Å²) in [5, 5.41) is 8.70. The average molecular weight is 343 g/mol. The Labute approximate surface area is 148 Å². The van der Waals surface area contributed by atoms with E-state index in [4.69, 9.17) is 9.84 Å². The van der Waals surface area contributed by atoms with Crippen molar-refractivity contribution < 1.29 is 19.4 Å². The van der Waals surface area contributed by atoms with Crippen LogP contribution in [0.3, 0.4) is 0 Å².